The van der Waals surface area contributed by atoms with Crippen LogP contribution in [-0.2, 0) is 4.79 Å². The zero-order valence-corrected chi connectivity index (χ0v) is 9.21. The summed E-state index contributed by atoms with van der Waals surface area (Å²) in [4.78, 5) is 10.8. The lowest BCUT2D eigenvalue weighted by molar-refractivity contribution is -0.152. The molecule has 15 heavy (non-hydrogen) atoms. The van der Waals surface area contributed by atoms with Gasteiger partial charge < -0.3 is 15.6 Å². The molecule has 1 rings (SSSR count). The summed E-state index contributed by atoms with van der Waals surface area (Å²) in [7, 11) is 0. The number of hydrogen-bond donors (Lipinski definition) is 2. The average Bonchev–Trinajstić information content (AvgIpc) is 2.10. The van der Waals surface area contributed by atoms with Crippen LogP contribution in [0.1, 0.15) is 13.8 Å². The highest BCUT2D eigenvalue weighted by Gasteiger charge is 2.30. The lowest BCUT2D eigenvalue weighted by Crippen LogP contribution is -2.37. The van der Waals surface area contributed by atoms with Gasteiger partial charge in [-0.25, -0.2) is 4.79 Å². The minimum Gasteiger partial charge on any atom is -0.478 e. The molecule has 0 aliphatic carbocycles. The molecule has 0 aliphatic rings. The number of nitrogen functional groups attached to an aromatic ring is 1. The van der Waals surface area contributed by atoms with E-state index in [9.17, 15) is 4.79 Å². The standard InChI is InChI=1S/C10H12ClNO3/c1-10(2,9(13)14)15-8-5-6(12)3-4-7(8)11/h3-5H,12H2,1-2H3,(H,13,14). The molecule has 0 heterocycles. The number of nitrogens with two attached hydrogens (primary N) is 1. The Morgan fingerprint density at radius 2 is 2.13 bits per heavy atom. The fourth-order valence-corrected chi connectivity index (χ4v) is 1.07. The van der Waals surface area contributed by atoms with Gasteiger partial charge in [-0.2, -0.15) is 0 Å². The van der Waals surface area contributed by atoms with Gasteiger partial charge >= 0.3 is 5.97 Å². The Morgan fingerprint density at radius 3 is 2.67 bits per heavy atom. The highest BCUT2D eigenvalue weighted by Crippen LogP contribution is 2.29. The van der Waals surface area contributed by atoms with Crippen molar-refractivity contribution in [3.05, 3.63) is 23.2 Å². The molecule has 0 radical (unpaired) electrons. The smallest absolute Gasteiger partial charge is 0.347 e. The van der Waals surface area contributed by atoms with E-state index in [4.69, 9.17) is 27.2 Å². The van der Waals surface area contributed by atoms with Crippen molar-refractivity contribution < 1.29 is 14.6 Å². The molecule has 0 saturated heterocycles. The van der Waals surface area contributed by atoms with Crippen molar-refractivity contribution in [2.24, 2.45) is 0 Å². The molecule has 0 saturated carbocycles. The van der Waals surface area contributed by atoms with Crippen molar-refractivity contribution >= 4 is 23.3 Å². The highest BCUT2D eigenvalue weighted by molar-refractivity contribution is 6.32. The van der Waals surface area contributed by atoms with E-state index in [2.05, 4.69) is 0 Å². The first kappa shape index (κ1) is 11.7. The van der Waals surface area contributed by atoms with E-state index >= 15 is 0 Å². The zero-order chi connectivity index (χ0) is 11.6. The number of anilines is 1. The Morgan fingerprint density at radius 1 is 1.53 bits per heavy atom. The number of carboxylic acid groups (broad SMARTS) is 1. The van der Waals surface area contributed by atoms with Crippen LogP contribution in [-0.4, -0.2) is 16.7 Å². The van der Waals surface area contributed by atoms with E-state index in [0.29, 0.717) is 10.7 Å². The topological polar surface area (TPSA) is 72.5 Å². The van der Waals surface area contributed by atoms with Crippen LogP contribution in [0.3, 0.4) is 0 Å². The number of ether oxygens (including phenoxy) is 1. The van der Waals surface area contributed by atoms with E-state index in [1.807, 2.05) is 0 Å². The first-order valence-corrected chi connectivity index (χ1v) is 4.68. The Balaban J connectivity index is 2.99. The molecule has 0 atom stereocenters. The van der Waals surface area contributed by atoms with Gasteiger partial charge in [0.05, 0.1) is 5.02 Å². The van der Waals surface area contributed by atoms with Gasteiger partial charge in [0.2, 0.25) is 0 Å². The maximum Gasteiger partial charge on any atom is 0.347 e. The normalized spacial score (nSPS) is 11.1. The Bertz CT molecular complexity index is 390. The summed E-state index contributed by atoms with van der Waals surface area (Å²) in [5.41, 5.74) is 4.67. The molecular formula is C10H12ClNO3. The minimum atomic E-state index is -1.34. The van der Waals surface area contributed by atoms with Crippen LogP contribution in [0.15, 0.2) is 18.2 Å². The fraction of sp³-hybridized carbons (Fsp3) is 0.300. The van der Waals surface area contributed by atoms with Crippen LogP contribution in [0, 0.1) is 0 Å². The number of hydrogen-bond acceptors (Lipinski definition) is 3. The second-order valence-corrected chi connectivity index (χ2v) is 4.01. The maximum absolute atomic E-state index is 10.8. The van der Waals surface area contributed by atoms with Crippen molar-refractivity contribution in [1.29, 1.82) is 0 Å². The monoisotopic (exact) mass is 229 g/mol. The molecule has 4 nitrogen and oxygen atoms in total. The van der Waals surface area contributed by atoms with Crippen LogP contribution in [0.2, 0.25) is 5.02 Å². The van der Waals surface area contributed by atoms with Crippen LogP contribution < -0.4 is 10.5 Å². The molecule has 1 aromatic carbocycles. The van der Waals surface area contributed by atoms with E-state index < -0.39 is 11.6 Å². The first-order chi connectivity index (χ1) is 6.83. The number of carbonyl (C=O) groups is 1. The molecule has 5 heteroatoms. The third-order valence-electron chi connectivity index (χ3n) is 1.84. The van der Waals surface area contributed by atoms with E-state index in [-0.39, 0.29) is 5.75 Å². The van der Waals surface area contributed by atoms with Crippen molar-refractivity contribution in [1.82, 2.24) is 0 Å². The minimum absolute atomic E-state index is 0.268. The number of aliphatic carboxylic acids is 1. The summed E-state index contributed by atoms with van der Waals surface area (Å²) in [6, 6.07) is 4.67. The Kier molecular flexibility index (Phi) is 3.09. The quantitative estimate of drug-likeness (QED) is 0.779. The summed E-state index contributed by atoms with van der Waals surface area (Å²) in [5.74, 6) is -0.801. The zero-order valence-electron chi connectivity index (χ0n) is 8.45. The van der Waals surface area contributed by atoms with E-state index in [1.165, 1.54) is 19.9 Å². The molecule has 0 spiro atoms. The summed E-state index contributed by atoms with van der Waals surface area (Å²) in [6.07, 6.45) is 0. The van der Waals surface area contributed by atoms with Crippen LogP contribution in [0.4, 0.5) is 5.69 Å². The van der Waals surface area contributed by atoms with Crippen molar-refractivity contribution in [3.63, 3.8) is 0 Å². The largest absolute Gasteiger partial charge is 0.478 e. The number of benzene rings is 1. The van der Waals surface area contributed by atoms with Gasteiger partial charge in [0.25, 0.3) is 0 Å². The molecule has 0 fully saturated rings. The van der Waals surface area contributed by atoms with Gasteiger partial charge in [-0.1, -0.05) is 11.6 Å². The van der Waals surface area contributed by atoms with Gasteiger partial charge in [-0.15, -0.1) is 0 Å². The first-order valence-electron chi connectivity index (χ1n) is 4.30. The second-order valence-electron chi connectivity index (χ2n) is 3.61. The maximum atomic E-state index is 10.8. The lowest BCUT2D eigenvalue weighted by Gasteiger charge is -2.22. The summed E-state index contributed by atoms with van der Waals surface area (Å²) < 4.78 is 5.26. The molecular weight excluding hydrogens is 218 g/mol. The van der Waals surface area contributed by atoms with Gasteiger partial charge in [-0.05, 0) is 26.0 Å². The number of rotatable bonds is 3. The lowest BCUT2D eigenvalue weighted by atomic mass is 10.1. The molecule has 1 aromatic rings. The summed E-state index contributed by atoms with van der Waals surface area (Å²) in [6.45, 7) is 2.88. The summed E-state index contributed by atoms with van der Waals surface area (Å²) >= 11 is 5.83. The SMILES string of the molecule is CC(C)(Oc1cc(N)ccc1Cl)C(=O)O. The Labute approximate surface area is 92.6 Å². The molecule has 3 N–H and O–H groups in total. The third kappa shape index (κ3) is 2.76. The second kappa shape index (κ2) is 3.98. The average molecular weight is 230 g/mol. The molecule has 0 aliphatic heterocycles. The molecule has 0 amide bonds. The molecule has 0 unspecified atom stereocenters. The molecule has 82 valence electrons. The molecule has 0 aromatic heterocycles. The number of halogens is 1. The predicted molar refractivity (Wildman–Crippen MR) is 58.2 cm³/mol. The van der Waals surface area contributed by atoms with Crippen LogP contribution in [0.25, 0.3) is 0 Å². The van der Waals surface area contributed by atoms with Crippen molar-refractivity contribution in [3.8, 4) is 5.75 Å². The van der Waals surface area contributed by atoms with Crippen LogP contribution in [0.5, 0.6) is 5.75 Å². The number of carboxylic acids is 1. The highest BCUT2D eigenvalue weighted by atomic mass is 35.5. The van der Waals surface area contributed by atoms with Gasteiger partial charge in [-0.3, -0.25) is 0 Å². The predicted octanol–water partition coefficient (Wildman–Crippen LogP) is 2.16. The van der Waals surface area contributed by atoms with Gasteiger partial charge in [0, 0.05) is 11.8 Å². The van der Waals surface area contributed by atoms with Crippen molar-refractivity contribution in [2.75, 3.05) is 5.73 Å². The van der Waals surface area contributed by atoms with E-state index in [0.717, 1.165) is 0 Å². The van der Waals surface area contributed by atoms with E-state index in [1.54, 1.807) is 12.1 Å². The fourth-order valence-electron chi connectivity index (χ4n) is 0.917. The van der Waals surface area contributed by atoms with Gasteiger partial charge in [0.1, 0.15) is 5.75 Å². The van der Waals surface area contributed by atoms with Crippen molar-refractivity contribution in [2.45, 2.75) is 19.4 Å². The molecule has 0 bridgehead atoms. The Hall–Kier alpha value is -1.42. The van der Waals surface area contributed by atoms with Gasteiger partial charge in [0.15, 0.2) is 5.60 Å². The third-order valence-corrected chi connectivity index (χ3v) is 2.15. The summed E-state index contributed by atoms with van der Waals surface area (Å²) in [5, 5.41) is 9.20. The van der Waals surface area contributed by atoms with Crippen LogP contribution >= 0.6 is 11.6 Å².